The van der Waals surface area contributed by atoms with Crippen LogP contribution in [0.25, 0.3) is 0 Å². The largest absolute Gasteiger partial charge is 0.391 e. The summed E-state index contributed by atoms with van der Waals surface area (Å²) >= 11 is 0. The molecule has 1 aromatic carbocycles. The number of benzene rings is 1. The monoisotopic (exact) mass is 345 g/mol. The van der Waals surface area contributed by atoms with E-state index >= 15 is 0 Å². The summed E-state index contributed by atoms with van der Waals surface area (Å²) in [5.74, 6) is -0.425. The number of likely N-dealkylation sites (tertiary alicyclic amines) is 2. The molecule has 2 aliphatic heterocycles. The summed E-state index contributed by atoms with van der Waals surface area (Å²) in [6.07, 6.45) is 3.28. The summed E-state index contributed by atoms with van der Waals surface area (Å²) in [5, 5.41) is 12.6. The fourth-order valence-electron chi connectivity index (χ4n) is 3.68. The van der Waals surface area contributed by atoms with Gasteiger partial charge in [-0.25, -0.2) is 0 Å². The van der Waals surface area contributed by atoms with Gasteiger partial charge in [0.25, 0.3) is 0 Å². The molecule has 6 heteroatoms. The fourth-order valence-corrected chi connectivity index (χ4v) is 3.68. The zero-order valence-corrected chi connectivity index (χ0v) is 14.8. The SMILES string of the molecule is CC(=O)N1C[C@@H](O)C[C@@H]1C(=O)Nc1ccc(CCN2CCCC2)cc1. The number of nitrogens with zero attached hydrogens (tertiary/aromatic N) is 2. The topological polar surface area (TPSA) is 72.9 Å². The van der Waals surface area contributed by atoms with Gasteiger partial charge in [-0.15, -0.1) is 0 Å². The Bertz CT molecular complexity index is 611. The second-order valence-corrected chi connectivity index (χ2v) is 7.06. The molecule has 0 saturated carbocycles. The molecule has 0 radical (unpaired) electrons. The number of aliphatic hydroxyl groups is 1. The first-order chi connectivity index (χ1) is 12.0. The third kappa shape index (κ3) is 4.58. The first kappa shape index (κ1) is 17.9. The van der Waals surface area contributed by atoms with E-state index in [0.29, 0.717) is 6.42 Å². The molecule has 25 heavy (non-hydrogen) atoms. The molecule has 0 aromatic heterocycles. The molecule has 0 spiro atoms. The smallest absolute Gasteiger partial charge is 0.247 e. The highest BCUT2D eigenvalue weighted by Gasteiger charge is 2.37. The summed E-state index contributed by atoms with van der Waals surface area (Å²) in [6, 6.07) is 7.29. The Labute approximate surface area is 148 Å². The van der Waals surface area contributed by atoms with Crippen molar-refractivity contribution in [3.63, 3.8) is 0 Å². The standard InChI is InChI=1S/C19H27N3O3/c1-14(23)22-13-17(24)12-18(22)19(25)20-16-6-4-15(5-7-16)8-11-21-9-2-3-10-21/h4-7,17-18,24H,2-3,8-13H2,1H3,(H,20,25)/t17-,18+/m0/s1. The summed E-state index contributed by atoms with van der Waals surface area (Å²) in [7, 11) is 0. The van der Waals surface area contributed by atoms with Crippen molar-refractivity contribution in [3.8, 4) is 0 Å². The molecule has 3 rings (SSSR count). The molecule has 2 amide bonds. The molecule has 2 saturated heterocycles. The van der Waals surface area contributed by atoms with Gasteiger partial charge in [0.1, 0.15) is 6.04 Å². The van der Waals surface area contributed by atoms with E-state index in [1.165, 1.54) is 43.3 Å². The predicted molar refractivity (Wildman–Crippen MR) is 96.2 cm³/mol. The Balaban J connectivity index is 1.53. The zero-order chi connectivity index (χ0) is 17.8. The third-order valence-corrected chi connectivity index (χ3v) is 5.12. The van der Waals surface area contributed by atoms with E-state index in [9.17, 15) is 14.7 Å². The van der Waals surface area contributed by atoms with Crippen molar-refractivity contribution in [1.82, 2.24) is 9.80 Å². The Morgan fingerprint density at radius 2 is 1.88 bits per heavy atom. The molecule has 2 heterocycles. The molecule has 136 valence electrons. The molecule has 2 aliphatic rings. The first-order valence-electron chi connectivity index (χ1n) is 9.10. The minimum absolute atomic E-state index is 0.186. The van der Waals surface area contributed by atoms with E-state index in [1.54, 1.807) is 0 Å². The van der Waals surface area contributed by atoms with Crippen LogP contribution in [0, 0.1) is 0 Å². The summed E-state index contributed by atoms with van der Waals surface area (Å²) in [5.41, 5.74) is 1.98. The van der Waals surface area contributed by atoms with E-state index in [1.807, 2.05) is 24.3 Å². The summed E-state index contributed by atoms with van der Waals surface area (Å²) < 4.78 is 0. The molecule has 0 bridgehead atoms. The molecule has 2 atom stereocenters. The lowest BCUT2D eigenvalue weighted by atomic mass is 10.1. The maximum atomic E-state index is 12.4. The van der Waals surface area contributed by atoms with Gasteiger partial charge in [-0.2, -0.15) is 0 Å². The number of anilines is 1. The van der Waals surface area contributed by atoms with E-state index < -0.39 is 12.1 Å². The molecule has 2 fully saturated rings. The Kier molecular flexibility index (Phi) is 5.71. The van der Waals surface area contributed by atoms with Crippen LogP contribution in [0.4, 0.5) is 5.69 Å². The average Bonchev–Trinajstić information content (AvgIpc) is 3.23. The number of β-amino-alcohol motifs (C(OH)–C–C–N with tert-alkyl or cyclic N) is 1. The molecular weight excluding hydrogens is 318 g/mol. The maximum Gasteiger partial charge on any atom is 0.247 e. The van der Waals surface area contributed by atoms with E-state index in [-0.39, 0.29) is 18.4 Å². The second-order valence-electron chi connectivity index (χ2n) is 7.06. The number of hydrogen-bond acceptors (Lipinski definition) is 4. The minimum atomic E-state index is -0.632. The number of aliphatic hydroxyl groups excluding tert-OH is 1. The summed E-state index contributed by atoms with van der Waals surface area (Å²) in [6.45, 7) is 5.14. The average molecular weight is 345 g/mol. The van der Waals surface area contributed by atoms with Crippen LogP contribution in [0.3, 0.4) is 0 Å². The highest BCUT2D eigenvalue weighted by molar-refractivity contribution is 5.97. The van der Waals surface area contributed by atoms with E-state index in [4.69, 9.17) is 0 Å². The Morgan fingerprint density at radius 3 is 2.52 bits per heavy atom. The van der Waals surface area contributed by atoms with Crippen LogP contribution in [0.2, 0.25) is 0 Å². The Hall–Kier alpha value is -1.92. The molecule has 0 unspecified atom stereocenters. The quantitative estimate of drug-likeness (QED) is 0.842. The van der Waals surface area contributed by atoms with Crippen LogP contribution in [0.5, 0.6) is 0 Å². The van der Waals surface area contributed by atoms with Gasteiger partial charge in [-0.1, -0.05) is 12.1 Å². The number of rotatable bonds is 5. The lowest BCUT2D eigenvalue weighted by molar-refractivity contribution is -0.134. The van der Waals surface area contributed by atoms with Crippen LogP contribution in [0.1, 0.15) is 31.7 Å². The molecule has 1 aromatic rings. The number of amides is 2. The van der Waals surface area contributed by atoms with Gasteiger partial charge in [-0.3, -0.25) is 9.59 Å². The van der Waals surface area contributed by atoms with Crippen molar-refractivity contribution in [2.75, 3.05) is 31.5 Å². The van der Waals surface area contributed by atoms with Crippen LogP contribution in [0.15, 0.2) is 24.3 Å². The Morgan fingerprint density at radius 1 is 1.20 bits per heavy atom. The number of carbonyl (C=O) groups is 2. The second kappa shape index (κ2) is 7.97. The van der Waals surface area contributed by atoms with Crippen LogP contribution in [-0.2, 0) is 16.0 Å². The molecule has 2 N–H and O–H groups in total. The highest BCUT2D eigenvalue weighted by atomic mass is 16.3. The van der Waals surface area contributed by atoms with Crippen LogP contribution < -0.4 is 5.32 Å². The number of hydrogen-bond donors (Lipinski definition) is 2. The van der Waals surface area contributed by atoms with Gasteiger partial charge in [0.2, 0.25) is 11.8 Å². The predicted octanol–water partition coefficient (Wildman–Crippen LogP) is 1.25. The fraction of sp³-hybridized carbons (Fsp3) is 0.579. The third-order valence-electron chi connectivity index (χ3n) is 5.12. The van der Waals surface area contributed by atoms with Crippen molar-refractivity contribution in [2.24, 2.45) is 0 Å². The van der Waals surface area contributed by atoms with Crippen molar-refractivity contribution in [3.05, 3.63) is 29.8 Å². The zero-order valence-electron chi connectivity index (χ0n) is 14.8. The minimum Gasteiger partial charge on any atom is -0.391 e. The van der Waals surface area contributed by atoms with Crippen molar-refractivity contribution in [1.29, 1.82) is 0 Å². The van der Waals surface area contributed by atoms with Gasteiger partial charge in [0.05, 0.1) is 6.10 Å². The van der Waals surface area contributed by atoms with Crippen molar-refractivity contribution in [2.45, 2.75) is 44.8 Å². The van der Waals surface area contributed by atoms with E-state index in [0.717, 1.165) is 18.7 Å². The number of nitrogens with one attached hydrogen (secondary N) is 1. The van der Waals surface area contributed by atoms with Gasteiger partial charge >= 0.3 is 0 Å². The molecule has 0 aliphatic carbocycles. The van der Waals surface area contributed by atoms with Crippen LogP contribution in [-0.4, -0.2) is 65.0 Å². The van der Waals surface area contributed by atoms with Gasteiger partial charge in [-0.05, 0) is 50.0 Å². The van der Waals surface area contributed by atoms with Gasteiger partial charge < -0.3 is 20.2 Å². The first-order valence-corrected chi connectivity index (χ1v) is 9.10. The van der Waals surface area contributed by atoms with Crippen molar-refractivity contribution >= 4 is 17.5 Å². The van der Waals surface area contributed by atoms with E-state index in [2.05, 4.69) is 10.2 Å². The van der Waals surface area contributed by atoms with Crippen LogP contribution >= 0.6 is 0 Å². The normalized spacial score (nSPS) is 23.8. The lowest BCUT2D eigenvalue weighted by Gasteiger charge is -2.22. The van der Waals surface area contributed by atoms with Gasteiger partial charge in [0, 0.05) is 32.1 Å². The maximum absolute atomic E-state index is 12.4. The van der Waals surface area contributed by atoms with Crippen molar-refractivity contribution < 1.29 is 14.7 Å². The molecule has 6 nitrogen and oxygen atoms in total. The lowest BCUT2D eigenvalue weighted by Crippen LogP contribution is -2.42. The molecular formula is C19H27N3O3. The number of carbonyl (C=O) groups excluding carboxylic acids is 2. The summed E-state index contributed by atoms with van der Waals surface area (Å²) in [4.78, 5) is 28.0. The van der Waals surface area contributed by atoms with Gasteiger partial charge in [0.15, 0.2) is 0 Å². The highest BCUT2D eigenvalue weighted by Crippen LogP contribution is 2.20.